The SMILES string of the molecule is Cc1nnc(-c2cccc(Oc3cccc(F)c3)c2)s1. The normalized spacial score (nSPS) is 10.5. The quantitative estimate of drug-likeness (QED) is 0.713. The Morgan fingerprint density at radius 3 is 2.45 bits per heavy atom. The average molecular weight is 286 g/mol. The zero-order valence-corrected chi connectivity index (χ0v) is 11.5. The highest BCUT2D eigenvalue weighted by Crippen LogP contribution is 2.29. The Bertz CT molecular complexity index is 742. The summed E-state index contributed by atoms with van der Waals surface area (Å²) in [5.41, 5.74) is 0.935. The van der Waals surface area contributed by atoms with Gasteiger partial charge in [0.25, 0.3) is 0 Å². The van der Waals surface area contributed by atoms with Gasteiger partial charge >= 0.3 is 0 Å². The van der Waals surface area contributed by atoms with Crippen LogP contribution >= 0.6 is 11.3 Å². The zero-order chi connectivity index (χ0) is 13.9. The van der Waals surface area contributed by atoms with E-state index in [1.807, 2.05) is 31.2 Å². The standard InChI is InChI=1S/C15H11FN2OS/c1-10-17-18-15(20-10)11-4-2-6-13(8-11)19-14-7-3-5-12(16)9-14/h2-9H,1H3. The van der Waals surface area contributed by atoms with Gasteiger partial charge in [0.1, 0.15) is 27.3 Å². The largest absolute Gasteiger partial charge is 0.457 e. The molecule has 0 aliphatic rings. The van der Waals surface area contributed by atoms with Crippen molar-refractivity contribution in [2.75, 3.05) is 0 Å². The summed E-state index contributed by atoms with van der Waals surface area (Å²) in [5.74, 6) is 0.787. The van der Waals surface area contributed by atoms with Crippen molar-refractivity contribution >= 4 is 11.3 Å². The molecule has 0 saturated carbocycles. The van der Waals surface area contributed by atoms with Gasteiger partial charge < -0.3 is 4.74 Å². The number of rotatable bonds is 3. The lowest BCUT2D eigenvalue weighted by molar-refractivity contribution is 0.477. The number of hydrogen-bond donors (Lipinski definition) is 0. The van der Waals surface area contributed by atoms with Crippen LogP contribution in [0.1, 0.15) is 5.01 Å². The van der Waals surface area contributed by atoms with E-state index in [-0.39, 0.29) is 5.82 Å². The highest BCUT2D eigenvalue weighted by molar-refractivity contribution is 7.14. The smallest absolute Gasteiger partial charge is 0.147 e. The predicted molar refractivity (Wildman–Crippen MR) is 76.6 cm³/mol. The first kappa shape index (κ1) is 12.7. The summed E-state index contributed by atoms with van der Waals surface area (Å²) in [6, 6.07) is 13.6. The maximum absolute atomic E-state index is 13.1. The van der Waals surface area contributed by atoms with Gasteiger partial charge in [-0.25, -0.2) is 4.39 Å². The maximum Gasteiger partial charge on any atom is 0.147 e. The molecule has 0 N–H and O–H groups in total. The second-order valence-electron chi connectivity index (χ2n) is 4.21. The van der Waals surface area contributed by atoms with E-state index in [9.17, 15) is 4.39 Å². The van der Waals surface area contributed by atoms with E-state index < -0.39 is 0 Å². The molecule has 0 spiro atoms. The lowest BCUT2D eigenvalue weighted by Crippen LogP contribution is -1.86. The van der Waals surface area contributed by atoms with Gasteiger partial charge in [-0.1, -0.05) is 29.5 Å². The molecule has 0 radical (unpaired) electrons. The van der Waals surface area contributed by atoms with Crippen molar-refractivity contribution < 1.29 is 9.13 Å². The lowest BCUT2D eigenvalue weighted by atomic mass is 10.2. The van der Waals surface area contributed by atoms with Gasteiger partial charge in [0, 0.05) is 11.6 Å². The second kappa shape index (κ2) is 5.38. The van der Waals surface area contributed by atoms with Gasteiger partial charge in [0.05, 0.1) is 0 Å². The Balaban J connectivity index is 1.88. The molecule has 3 rings (SSSR count). The highest BCUT2D eigenvalue weighted by atomic mass is 32.1. The van der Waals surface area contributed by atoms with Crippen LogP contribution in [0.2, 0.25) is 0 Å². The number of hydrogen-bond acceptors (Lipinski definition) is 4. The Morgan fingerprint density at radius 1 is 1.00 bits per heavy atom. The highest BCUT2D eigenvalue weighted by Gasteiger charge is 2.06. The average Bonchev–Trinajstić information content (AvgIpc) is 2.86. The molecule has 0 saturated heterocycles. The molecule has 2 aromatic carbocycles. The van der Waals surface area contributed by atoms with E-state index in [2.05, 4.69) is 10.2 Å². The molecule has 0 unspecified atom stereocenters. The number of aromatic nitrogens is 2. The molecule has 0 aliphatic heterocycles. The minimum absolute atomic E-state index is 0.321. The number of benzene rings is 2. The Labute approximate surface area is 119 Å². The van der Waals surface area contributed by atoms with Gasteiger partial charge in [-0.05, 0) is 31.2 Å². The Hall–Kier alpha value is -2.27. The zero-order valence-electron chi connectivity index (χ0n) is 10.7. The van der Waals surface area contributed by atoms with Crippen LogP contribution in [0.5, 0.6) is 11.5 Å². The van der Waals surface area contributed by atoms with Crippen molar-refractivity contribution in [3.8, 4) is 22.1 Å². The maximum atomic E-state index is 13.1. The molecule has 3 aromatic rings. The fourth-order valence-electron chi connectivity index (χ4n) is 1.77. The minimum atomic E-state index is -0.321. The molecule has 0 aliphatic carbocycles. The van der Waals surface area contributed by atoms with E-state index in [1.165, 1.54) is 23.5 Å². The summed E-state index contributed by atoms with van der Waals surface area (Å²) in [6.45, 7) is 1.91. The molecule has 5 heteroatoms. The van der Waals surface area contributed by atoms with Gasteiger partial charge in [-0.2, -0.15) is 0 Å². The van der Waals surface area contributed by atoms with Crippen LogP contribution in [-0.4, -0.2) is 10.2 Å². The summed E-state index contributed by atoms with van der Waals surface area (Å²) in [6.07, 6.45) is 0. The third-order valence-electron chi connectivity index (χ3n) is 2.64. The van der Waals surface area contributed by atoms with Crippen LogP contribution in [0.15, 0.2) is 48.5 Å². The lowest BCUT2D eigenvalue weighted by Gasteiger charge is -2.06. The molecule has 0 amide bonds. The first-order valence-electron chi connectivity index (χ1n) is 6.05. The van der Waals surface area contributed by atoms with Gasteiger partial charge in [0.15, 0.2) is 0 Å². The number of aryl methyl sites for hydroxylation is 1. The summed E-state index contributed by atoms with van der Waals surface area (Å²) >= 11 is 1.52. The van der Waals surface area contributed by atoms with Crippen molar-refractivity contribution in [1.82, 2.24) is 10.2 Å². The van der Waals surface area contributed by atoms with Crippen molar-refractivity contribution in [1.29, 1.82) is 0 Å². The predicted octanol–water partition coefficient (Wildman–Crippen LogP) is 4.44. The molecule has 0 fully saturated rings. The molecule has 20 heavy (non-hydrogen) atoms. The van der Waals surface area contributed by atoms with Crippen molar-refractivity contribution in [3.05, 3.63) is 59.4 Å². The monoisotopic (exact) mass is 286 g/mol. The fourth-order valence-corrected chi connectivity index (χ4v) is 2.46. The summed E-state index contributed by atoms with van der Waals surface area (Å²) < 4.78 is 18.8. The van der Waals surface area contributed by atoms with Crippen LogP contribution in [0, 0.1) is 12.7 Å². The third kappa shape index (κ3) is 2.83. The van der Waals surface area contributed by atoms with Crippen LogP contribution in [0.4, 0.5) is 4.39 Å². The van der Waals surface area contributed by atoms with Crippen LogP contribution in [0.3, 0.4) is 0 Å². The van der Waals surface area contributed by atoms with E-state index in [0.29, 0.717) is 11.5 Å². The number of halogens is 1. The molecule has 0 atom stereocenters. The van der Waals surface area contributed by atoms with E-state index >= 15 is 0 Å². The van der Waals surface area contributed by atoms with Gasteiger partial charge in [0.2, 0.25) is 0 Å². The van der Waals surface area contributed by atoms with Crippen LogP contribution in [-0.2, 0) is 0 Å². The molecule has 100 valence electrons. The topological polar surface area (TPSA) is 35.0 Å². The van der Waals surface area contributed by atoms with Crippen LogP contribution in [0.25, 0.3) is 10.6 Å². The number of ether oxygens (including phenoxy) is 1. The minimum Gasteiger partial charge on any atom is -0.457 e. The van der Waals surface area contributed by atoms with Crippen LogP contribution < -0.4 is 4.74 Å². The summed E-state index contributed by atoms with van der Waals surface area (Å²) in [7, 11) is 0. The number of nitrogens with zero attached hydrogens (tertiary/aromatic N) is 2. The fraction of sp³-hybridized carbons (Fsp3) is 0.0667. The van der Waals surface area contributed by atoms with E-state index in [4.69, 9.17) is 4.74 Å². The summed E-state index contributed by atoms with van der Waals surface area (Å²) in [5, 5.41) is 9.85. The van der Waals surface area contributed by atoms with Crippen molar-refractivity contribution in [3.63, 3.8) is 0 Å². The Morgan fingerprint density at radius 2 is 1.75 bits per heavy atom. The first-order chi connectivity index (χ1) is 9.70. The second-order valence-corrected chi connectivity index (χ2v) is 5.40. The molecule has 1 aromatic heterocycles. The molecular weight excluding hydrogens is 275 g/mol. The van der Waals surface area contributed by atoms with Crippen molar-refractivity contribution in [2.45, 2.75) is 6.92 Å². The Kier molecular flexibility index (Phi) is 3.43. The molecule has 3 nitrogen and oxygen atoms in total. The van der Waals surface area contributed by atoms with E-state index in [1.54, 1.807) is 12.1 Å². The van der Waals surface area contributed by atoms with Gasteiger partial charge in [-0.15, -0.1) is 10.2 Å². The van der Waals surface area contributed by atoms with Gasteiger partial charge in [-0.3, -0.25) is 0 Å². The summed E-state index contributed by atoms with van der Waals surface area (Å²) in [4.78, 5) is 0. The molecular formula is C15H11FN2OS. The third-order valence-corrected chi connectivity index (χ3v) is 3.53. The van der Waals surface area contributed by atoms with Crippen molar-refractivity contribution in [2.24, 2.45) is 0 Å². The molecule has 1 heterocycles. The van der Waals surface area contributed by atoms with E-state index in [0.717, 1.165) is 15.6 Å². The first-order valence-corrected chi connectivity index (χ1v) is 6.86. The molecule has 0 bridgehead atoms.